The van der Waals surface area contributed by atoms with Crippen LogP contribution in [0.1, 0.15) is 85.3 Å². The van der Waals surface area contributed by atoms with E-state index in [1.807, 2.05) is 21.6 Å². The minimum Gasteiger partial charge on any atom is -0.395 e. The van der Waals surface area contributed by atoms with Crippen molar-refractivity contribution in [2.75, 3.05) is 43.0 Å². The maximum absolute atomic E-state index is 14.9. The topological polar surface area (TPSA) is 120 Å². The number of aliphatic hydroxyl groups excluding tert-OH is 1. The van der Waals surface area contributed by atoms with E-state index in [2.05, 4.69) is 59.9 Å². The number of aliphatic hydroxyl groups is 1. The van der Waals surface area contributed by atoms with Crippen molar-refractivity contribution in [2.45, 2.75) is 97.2 Å². The van der Waals surface area contributed by atoms with Crippen LogP contribution < -0.4 is 10.2 Å². The molecule has 0 atom stereocenters. The van der Waals surface area contributed by atoms with Crippen LogP contribution in [0, 0.1) is 16.6 Å². The second kappa shape index (κ2) is 12.9. The van der Waals surface area contributed by atoms with Crippen molar-refractivity contribution in [3.8, 4) is 11.3 Å². The van der Waals surface area contributed by atoms with Crippen molar-refractivity contribution in [1.29, 1.82) is 0 Å². The average molecular weight is 723 g/mol. The third-order valence-corrected chi connectivity index (χ3v) is 12.4. The first-order valence-corrected chi connectivity index (χ1v) is 19.1. The van der Waals surface area contributed by atoms with E-state index in [9.17, 15) is 19.1 Å². The maximum Gasteiger partial charge on any atom is 0.238 e. The summed E-state index contributed by atoms with van der Waals surface area (Å²) in [4.78, 5) is 48.4. The molecule has 1 aliphatic carbocycles. The monoisotopic (exact) mass is 722 g/mol. The number of imidazole rings is 1. The van der Waals surface area contributed by atoms with Crippen molar-refractivity contribution in [3.63, 3.8) is 0 Å². The molecule has 4 aliphatic rings. The van der Waals surface area contributed by atoms with Crippen LogP contribution in [0.2, 0.25) is 0 Å². The van der Waals surface area contributed by atoms with E-state index in [-0.39, 0.29) is 36.2 Å². The number of benzene rings is 1. The lowest BCUT2D eigenvalue weighted by Gasteiger charge is -2.47. The largest absolute Gasteiger partial charge is 0.395 e. The Kier molecular flexibility index (Phi) is 8.64. The molecule has 3 fully saturated rings. The Morgan fingerprint density at radius 1 is 1.08 bits per heavy atom. The van der Waals surface area contributed by atoms with E-state index in [4.69, 9.17) is 9.97 Å². The average Bonchev–Trinajstić information content (AvgIpc) is 3.78. The van der Waals surface area contributed by atoms with Crippen LogP contribution in [0.5, 0.6) is 0 Å². The predicted molar refractivity (Wildman–Crippen MR) is 203 cm³/mol. The van der Waals surface area contributed by atoms with Crippen LogP contribution in [-0.4, -0.2) is 91.1 Å². The normalized spacial score (nSPS) is 22.5. The van der Waals surface area contributed by atoms with Gasteiger partial charge in [-0.05, 0) is 95.5 Å². The van der Waals surface area contributed by atoms with Gasteiger partial charge in [-0.25, -0.2) is 14.4 Å². The summed E-state index contributed by atoms with van der Waals surface area (Å²) in [6.07, 6.45) is 8.60. The van der Waals surface area contributed by atoms with E-state index in [1.165, 1.54) is 18.8 Å². The number of likely N-dealkylation sites (tertiary alicyclic amines) is 2. The summed E-state index contributed by atoms with van der Waals surface area (Å²) >= 11 is 0. The highest BCUT2D eigenvalue weighted by Gasteiger charge is 2.56. The van der Waals surface area contributed by atoms with Crippen molar-refractivity contribution in [3.05, 3.63) is 60.4 Å². The number of hydrogen-bond acceptors (Lipinski definition) is 8. The molecule has 8 rings (SSSR count). The molecule has 6 heterocycles. The van der Waals surface area contributed by atoms with Crippen molar-refractivity contribution in [1.82, 2.24) is 29.3 Å². The molecule has 0 bridgehead atoms. The molecule has 0 radical (unpaired) electrons. The highest BCUT2D eigenvalue weighted by Crippen LogP contribution is 2.52. The lowest BCUT2D eigenvalue weighted by molar-refractivity contribution is -0.145. The first-order chi connectivity index (χ1) is 25.2. The summed E-state index contributed by atoms with van der Waals surface area (Å²) in [5, 5.41) is 13.1. The zero-order valence-electron chi connectivity index (χ0n) is 31.7. The van der Waals surface area contributed by atoms with Gasteiger partial charge in [-0.2, -0.15) is 0 Å². The molecule has 2 saturated heterocycles. The van der Waals surface area contributed by atoms with E-state index in [0.29, 0.717) is 48.9 Å². The van der Waals surface area contributed by atoms with Crippen LogP contribution >= 0.6 is 0 Å². The van der Waals surface area contributed by atoms with Gasteiger partial charge in [-0.15, -0.1) is 0 Å². The molecule has 1 spiro atoms. The first-order valence-electron chi connectivity index (χ1n) is 19.1. The van der Waals surface area contributed by atoms with Gasteiger partial charge in [-0.1, -0.05) is 26.0 Å². The molecule has 1 saturated carbocycles. The number of fused-ring (bicyclic) bond motifs is 3. The number of carbonyl (C=O) groups excluding carboxylic acids is 2. The van der Waals surface area contributed by atoms with Gasteiger partial charge in [0.15, 0.2) is 11.6 Å². The van der Waals surface area contributed by atoms with Gasteiger partial charge in [0, 0.05) is 55.2 Å². The first kappa shape index (κ1) is 35.6. The Hall–Kier alpha value is -4.42. The molecule has 2 amide bonds. The fraction of sp³-hybridized carbons (Fsp3) is 0.537. The molecule has 0 unspecified atom stereocenters. The smallest absolute Gasteiger partial charge is 0.238 e. The third kappa shape index (κ3) is 5.98. The van der Waals surface area contributed by atoms with Crippen LogP contribution in [-0.2, 0) is 15.0 Å². The van der Waals surface area contributed by atoms with E-state index < -0.39 is 16.6 Å². The van der Waals surface area contributed by atoms with Gasteiger partial charge in [0.25, 0.3) is 0 Å². The highest BCUT2D eigenvalue weighted by molar-refractivity contribution is 6.09. The number of nitrogens with zero attached hydrogens (tertiary/aromatic N) is 7. The zero-order valence-corrected chi connectivity index (χ0v) is 31.7. The molecular weight excluding hydrogens is 672 g/mol. The van der Waals surface area contributed by atoms with Crippen molar-refractivity contribution < 1.29 is 19.1 Å². The lowest BCUT2D eigenvalue weighted by atomic mass is 9.73. The number of amides is 2. The third-order valence-electron chi connectivity index (χ3n) is 12.4. The maximum atomic E-state index is 14.9. The van der Waals surface area contributed by atoms with Crippen molar-refractivity contribution >= 4 is 40.0 Å². The van der Waals surface area contributed by atoms with Crippen LogP contribution in [0.4, 0.5) is 21.6 Å². The molecular formula is C41H51FN8O3. The fourth-order valence-electron chi connectivity index (χ4n) is 9.01. The van der Waals surface area contributed by atoms with Gasteiger partial charge < -0.3 is 24.8 Å². The molecule has 53 heavy (non-hydrogen) atoms. The lowest BCUT2D eigenvalue weighted by Crippen LogP contribution is -2.58. The minimum absolute atomic E-state index is 0.0828. The van der Waals surface area contributed by atoms with E-state index >= 15 is 0 Å². The second-order valence-electron chi connectivity index (χ2n) is 17.4. The van der Waals surface area contributed by atoms with Crippen LogP contribution in [0.3, 0.4) is 0 Å². The number of nitrogens with one attached hydrogen (secondary N) is 1. The molecule has 3 aliphatic heterocycles. The second-order valence-corrected chi connectivity index (χ2v) is 17.4. The van der Waals surface area contributed by atoms with Crippen molar-refractivity contribution in [2.24, 2.45) is 10.8 Å². The Labute approximate surface area is 310 Å². The van der Waals surface area contributed by atoms with Gasteiger partial charge in [0.1, 0.15) is 5.52 Å². The summed E-state index contributed by atoms with van der Waals surface area (Å²) in [5.41, 5.74) is 3.90. The Bertz CT molecular complexity index is 2080. The highest BCUT2D eigenvalue weighted by atomic mass is 19.1. The number of halogens is 1. The molecule has 12 heteroatoms. The summed E-state index contributed by atoms with van der Waals surface area (Å²) in [6, 6.07) is 10.4. The number of carbonyl (C=O) groups is 2. The summed E-state index contributed by atoms with van der Waals surface area (Å²) in [6.45, 7) is 15.2. The SMILES string of the molecule is CC(C)n1cnc2cc(-c3ccc4c(c3)N(C3CC(N5CCC(C)(C)C5)C3)C(=O)C43CCN(C(=O)C(C)(C)CO)CC3)nc(Nc3ccncc3F)c21. The standard InChI is InChI=1S/C41H51FN8O3/c1-25(2)49-24-44-33-20-32(46-36(35(33)49)45-31-9-13-43-21-30(31)42)26-7-8-29-34(17-26)50(28-18-27(19-28)48-14-10-39(3,4)22-48)38(53)41(29)11-15-47(16-12-41)37(52)40(5,6)23-51/h7-9,13,17,20-21,24-25,27-28,51H,10-12,14-16,18-19,22-23H2,1-6H3,(H,43,45,46). The quantitative estimate of drug-likeness (QED) is 0.213. The Balaban J connectivity index is 1.17. The molecule has 2 N–H and O–H groups in total. The number of aromatic nitrogens is 4. The molecule has 4 aromatic rings. The minimum atomic E-state index is -0.871. The van der Waals surface area contributed by atoms with E-state index in [1.54, 1.807) is 26.2 Å². The fourth-order valence-corrected chi connectivity index (χ4v) is 9.01. The number of pyridine rings is 2. The van der Waals surface area contributed by atoms with Gasteiger partial charge in [0.05, 0.1) is 46.9 Å². The Morgan fingerprint density at radius 2 is 1.83 bits per heavy atom. The molecule has 3 aromatic heterocycles. The van der Waals surface area contributed by atoms with Gasteiger partial charge in [0.2, 0.25) is 11.8 Å². The number of anilines is 3. The number of hydrogen-bond donors (Lipinski definition) is 2. The van der Waals surface area contributed by atoms with Gasteiger partial charge in [-0.3, -0.25) is 19.5 Å². The van der Waals surface area contributed by atoms with Crippen LogP contribution in [0.15, 0.2) is 49.1 Å². The summed E-state index contributed by atoms with van der Waals surface area (Å²) in [7, 11) is 0. The van der Waals surface area contributed by atoms with E-state index in [0.717, 1.165) is 53.8 Å². The van der Waals surface area contributed by atoms with Gasteiger partial charge >= 0.3 is 0 Å². The number of piperidine rings is 1. The molecule has 280 valence electrons. The number of rotatable bonds is 8. The summed E-state index contributed by atoms with van der Waals surface area (Å²) in [5.74, 6) is 0.0415. The molecule has 11 nitrogen and oxygen atoms in total. The Morgan fingerprint density at radius 3 is 2.49 bits per heavy atom. The predicted octanol–water partition coefficient (Wildman–Crippen LogP) is 6.45. The zero-order chi connectivity index (χ0) is 37.4. The summed E-state index contributed by atoms with van der Waals surface area (Å²) < 4.78 is 16.9. The van der Waals surface area contributed by atoms with Crippen LogP contribution in [0.25, 0.3) is 22.3 Å². The molecule has 1 aromatic carbocycles.